The lowest BCUT2D eigenvalue weighted by Crippen LogP contribution is -2.24. The molecule has 1 aromatic heterocycles. The SMILES string of the molecule is CCCCCCCC(C)NCc1cncs1. The van der Waals surface area contributed by atoms with Crippen LogP contribution in [0.25, 0.3) is 0 Å². The minimum atomic E-state index is 0.628. The Balaban J connectivity index is 1.96. The van der Waals surface area contributed by atoms with E-state index in [1.807, 2.05) is 11.7 Å². The van der Waals surface area contributed by atoms with Gasteiger partial charge in [0.15, 0.2) is 0 Å². The molecule has 1 heterocycles. The Kier molecular flexibility index (Phi) is 7.43. The fraction of sp³-hybridized carbons (Fsp3) is 0.769. The van der Waals surface area contributed by atoms with E-state index >= 15 is 0 Å². The van der Waals surface area contributed by atoms with E-state index in [1.165, 1.54) is 43.4 Å². The molecular weight excluding hydrogens is 216 g/mol. The second kappa shape index (κ2) is 8.71. The van der Waals surface area contributed by atoms with Crippen molar-refractivity contribution in [2.75, 3.05) is 0 Å². The Bertz CT molecular complexity index is 246. The van der Waals surface area contributed by atoms with Gasteiger partial charge in [0.25, 0.3) is 0 Å². The van der Waals surface area contributed by atoms with Crippen LogP contribution >= 0.6 is 11.3 Å². The van der Waals surface area contributed by atoms with Crippen molar-refractivity contribution in [3.63, 3.8) is 0 Å². The highest BCUT2D eigenvalue weighted by Crippen LogP contribution is 2.09. The van der Waals surface area contributed by atoms with Crippen LogP contribution < -0.4 is 5.32 Å². The molecule has 1 rings (SSSR count). The Hall–Kier alpha value is -0.410. The van der Waals surface area contributed by atoms with Crippen molar-refractivity contribution in [1.29, 1.82) is 0 Å². The predicted molar refractivity (Wildman–Crippen MR) is 71.8 cm³/mol. The fourth-order valence-corrected chi connectivity index (χ4v) is 2.31. The highest BCUT2D eigenvalue weighted by atomic mass is 32.1. The van der Waals surface area contributed by atoms with Gasteiger partial charge in [-0.3, -0.25) is 4.98 Å². The average Bonchev–Trinajstić information content (AvgIpc) is 2.79. The third kappa shape index (κ3) is 6.23. The number of nitrogens with one attached hydrogen (secondary N) is 1. The first-order chi connectivity index (χ1) is 7.83. The highest BCUT2D eigenvalue weighted by Gasteiger charge is 2.01. The van der Waals surface area contributed by atoms with Crippen LogP contribution in [-0.4, -0.2) is 11.0 Å². The number of thiazole rings is 1. The van der Waals surface area contributed by atoms with Crippen molar-refractivity contribution in [2.24, 2.45) is 0 Å². The number of rotatable bonds is 9. The van der Waals surface area contributed by atoms with E-state index in [-0.39, 0.29) is 0 Å². The molecule has 0 saturated carbocycles. The first-order valence-electron chi connectivity index (χ1n) is 6.43. The Morgan fingerprint density at radius 2 is 2.12 bits per heavy atom. The first-order valence-corrected chi connectivity index (χ1v) is 7.31. The molecule has 1 atom stereocenters. The van der Waals surface area contributed by atoms with Gasteiger partial charge in [-0.1, -0.05) is 39.0 Å². The number of hydrogen-bond donors (Lipinski definition) is 1. The summed E-state index contributed by atoms with van der Waals surface area (Å²) in [6.45, 7) is 5.51. The molecule has 0 bridgehead atoms. The minimum Gasteiger partial charge on any atom is -0.309 e. The minimum absolute atomic E-state index is 0.628. The number of unbranched alkanes of at least 4 members (excludes halogenated alkanes) is 4. The van der Waals surface area contributed by atoms with Crippen LogP contribution in [0.4, 0.5) is 0 Å². The third-order valence-corrected chi connectivity index (χ3v) is 3.63. The van der Waals surface area contributed by atoms with Crippen LogP contribution in [-0.2, 0) is 6.54 Å². The Morgan fingerprint density at radius 1 is 1.31 bits per heavy atom. The molecular formula is C13H24N2S. The predicted octanol–water partition coefficient (Wildman–Crippen LogP) is 3.98. The highest BCUT2D eigenvalue weighted by molar-refractivity contribution is 7.09. The van der Waals surface area contributed by atoms with E-state index in [0.29, 0.717) is 6.04 Å². The summed E-state index contributed by atoms with van der Waals surface area (Å²) in [5.74, 6) is 0. The molecule has 1 N–H and O–H groups in total. The second-order valence-corrected chi connectivity index (χ2v) is 5.42. The summed E-state index contributed by atoms with van der Waals surface area (Å²) < 4.78 is 0. The summed E-state index contributed by atoms with van der Waals surface area (Å²) in [5, 5.41) is 3.55. The van der Waals surface area contributed by atoms with Gasteiger partial charge in [0.1, 0.15) is 0 Å². The van der Waals surface area contributed by atoms with E-state index in [1.54, 1.807) is 11.3 Å². The Labute approximate surface area is 103 Å². The number of aromatic nitrogens is 1. The summed E-state index contributed by atoms with van der Waals surface area (Å²) in [6.07, 6.45) is 10.1. The molecule has 1 unspecified atom stereocenters. The molecule has 0 aromatic carbocycles. The van der Waals surface area contributed by atoms with Gasteiger partial charge >= 0.3 is 0 Å². The zero-order valence-corrected chi connectivity index (χ0v) is 11.4. The second-order valence-electron chi connectivity index (χ2n) is 4.45. The van der Waals surface area contributed by atoms with Crippen molar-refractivity contribution in [1.82, 2.24) is 10.3 Å². The summed E-state index contributed by atoms with van der Waals surface area (Å²) in [7, 11) is 0. The molecule has 0 aliphatic carbocycles. The lowest BCUT2D eigenvalue weighted by Gasteiger charge is -2.12. The van der Waals surface area contributed by atoms with E-state index in [0.717, 1.165) is 6.54 Å². The maximum atomic E-state index is 4.07. The monoisotopic (exact) mass is 240 g/mol. The molecule has 0 aliphatic rings. The van der Waals surface area contributed by atoms with Crippen LogP contribution in [0.3, 0.4) is 0 Å². The first kappa shape index (κ1) is 13.7. The molecule has 0 radical (unpaired) electrons. The maximum Gasteiger partial charge on any atom is 0.0794 e. The summed E-state index contributed by atoms with van der Waals surface area (Å²) in [5.41, 5.74) is 1.90. The van der Waals surface area contributed by atoms with Gasteiger partial charge in [-0.2, -0.15) is 0 Å². The third-order valence-electron chi connectivity index (χ3n) is 2.85. The quantitative estimate of drug-likeness (QED) is 0.660. The van der Waals surface area contributed by atoms with E-state index < -0.39 is 0 Å². The smallest absolute Gasteiger partial charge is 0.0794 e. The molecule has 16 heavy (non-hydrogen) atoms. The van der Waals surface area contributed by atoms with Crippen LogP contribution in [0.15, 0.2) is 11.7 Å². The van der Waals surface area contributed by atoms with Gasteiger partial charge < -0.3 is 5.32 Å². The lowest BCUT2D eigenvalue weighted by molar-refractivity contribution is 0.481. The molecule has 0 aliphatic heterocycles. The van der Waals surface area contributed by atoms with Crippen molar-refractivity contribution in [3.8, 4) is 0 Å². The van der Waals surface area contributed by atoms with Crippen molar-refractivity contribution in [3.05, 3.63) is 16.6 Å². The summed E-state index contributed by atoms with van der Waals surface area (Å²) in [6, 6.07) is 0.628. The van der Waals surface area contributed by atoms with Crippen LogP contribution in [0.5, 0.6) is 0 Å². The fourth-order valence-electron chi connectivity index (χ4n) is 1.76. The van der Waals surface area contributed by atoms with Gasteiger partial charge in [-0.25, -0.2) is 0 Å². The molecule has 0 amide bonds. The van der Waals surface area contributed by atoms with Gasteiger partial charge in [-0.15, -0.1) is 11.3 Å². The molecule has 0 spiro atoms. The standard InChI is InChI=1S/C13H24N2S/c1-3-4-5-6-7-8-12(2)15-10-13-9-14-11-16-13/h9,11-12,15H,3-8,10H2,1-2H3. The summed E-state index contributed by atoms with van der Waals surface area (Å²) in [4.78, 5) is 5.41. The van der Waals surface area contributed by atoms with Gasteiger partial charge in [0.2, 0.25) is 0 Å². The largest absolute Gasteiger partial charge is 0.309 e. The normalized spacial score (nSPS) is 12.9. The van der Waals surface area contributed by atoms with E-state index in [2.05, 4.69) is 24.1 Å². The van der Waals surface area contributed by atoms with Crippen LogP contribution in [0, 0.1) is 0 Å². The zero-order chi connectivity index (χ0) is 11.6. The van der Waals surface area contributed by atoms with Gasteiger partial charge in [-0.05, 0) is 13.3 Å². The Morgan fingerprint density at radius 3 is 2.81 bits per heavy atom. The maximum absolute atomic E-state index is 4.07. The van der Waals surface area contributed by atoms with Crippen molar-refractivity contribution >= 4 is 11.3 Å². The molecule has 2 nitrogen and oxygen atoms in total. The van der Waals surface area contributed by atoms with E-state index in [4.69, 9.17) is 0 Å². The van der Waals surface area contributed by atoms with E-state index in [9.17, 15) is 0 Å². The zero-order valence-electron chi connectivity index (χ0n) is 10.5. The summed E-state index contributed by atoms with van der Waals surface area (Å²) >= 11 is 1.73. The van der Waals surface area contributed by atoms with Gasteiger partial charge in [0, 0.05) is 23.7 Å². The average molecular weight is 240 g/mol. The number of nitrogens with zero attached hydrogens (tertiary/aromatic N) is 1. The van der Waals surface area contributed by atoms with Crippen LogP contribution in [0.2, 0.25) is 0 Å². The molecule has 92 valence electrons. The topological polar surface area (TPSA) is 24.9 Å². The van der Waals surface area contributed by atoms with Crippen LogP contribution in [0.1, 0.15) is 57.2 Å². The molecule has 0 saturated heterocycles. The van der Waals surface area contributed by atoms with Crippen molar-refractivity contribution in [2.45, 2.75) is 65.0 Å². The lowest BCUT2D eigenvalue weighted by atomic mass is 10.1. The molecule has 1 aromatic rings. The van der Waals surface area contributed by atoms with Crippen molar-refractivity contribution < 1.29 is 0 Å². The molecule has 0 fully saturated rings. The number of hydrogen-bond acceptors (Lipinski definition) is 3. The van der Waals surface area contributed by atoms with Gasteiger partial charge in [0.05, 0.1) is 5.51 Å². The molecule has 3 heteroatoms.